The van der Waals surface area contributed by atoms with E-state index in [0.717, 1.165) is 30.6 Å². The molecule has 6 nitrogen and oxygen atoms in total. The molecule has 2 aromatic carbocycles. The summed E-state index contributed by atoms with van der Waals surface area (Å²) in [5, 5.41) is 2.98. The Morgan fingerprint density at radius 3 is 2.50 bits per heavy atom. The molecular formula is C22H19N3O3. The van der Waals surface area contributed by atoms with E-state index in [1.54, 1.807) is 12.1 Å². The molecule has 140 valence electrons. The first-order chi connectivity index (χ1) is 13.7. The van der Waals surface area contributed by atoms with Gasteiger partial charge in [-0.2, -0.15) is 0 Å². The first kappa shape index (κ1) is 16.0. The lowest BCUT2D eigenvalue weighted by atomic mass is 9.75. The molecule has 0 saturated carbocycles. The summed E-state index contributed by atoms with van der Waals surface area (Å²) >= 11 is 0. The number of hydrogen-bond acceptors (Lipinski definition) is 4. The zero-order chi connectivity index (χ0) is 19.0. The highest BCUT2D eigenvalue weighted by Crippen LogP contribution is 2.60. The third kappa shape index (κ3) is 1.66. The number of imide groups is 1. The molecule has 3 amide bonds. The van der Waals surface area contributed by atoms with Gasteiger partial charge in [-0.15, -0.1) is 0 Å². The van der Waals surface area contributed by atoms with Gasteiger partial charge in [0.05, 0.1) is 17.5 Å². The summed E-state index contributed by atoms with van der Waals surface area (Å²) in [6, 6.07) is 16.5. The van der Waals surface area contributed by atoms with E-state index in [-0.39, 0.29) is 23.8 Å². The van der Waals surface area contributed by atoms with Crippen molar-refractivity contribution in [2.24, 2.45) is 11.8 Å². The van der Waals surface area contributed by atoms with Crippen LogP contribution in [0.25, 0.3) is 0 Å². The lowest BCUT2D eigenvalue weighted by Gasteiger charge is -2.36. The lowest BCUT2D eigenvalue weighted by molar-refractivity contribution is -0.135. The summed E-state index contributed by atoms with van der Waals surface area (Å²) in [5.74, 6) is -1.78. The van der Waals surface area contributed by atoms with Crippen LogP contribution in [0.2, 0.25) is 0 Å². The van der Waals surface area contributed by atoms with E-state index in [0.29, 0.717) is 5.69 Å². The molecule has 2 aromatic rings. The van der Waals surface area contributed by atoms with Crippen molar-refractivity contribution in [3.05, 3.63) is 60.2 Å². The van der Waals surface area contributed by atoms with E-state index in [4.69, 9.17) is 0 Å². The molecule has 4 aliphatic rings. The smallest absolute Gasteiger partial charge is 0.250 e. The Labute approximate surface area is 162 Å². The van der Waals surface area contributed by atoms with Gasteiger partial charge in [-0.05, 0) is 37.6 Å². The fraction of sp³-hybridized carbons (Fsp3) is 0.318. The Kier molecular flexibility index (Phi) is 3.03. The minimum absolute atomic E-state index is 0.0768. The minimum Gasteiger partial charge on any atom is -0.324 e. The summed E-state index contributed by atoms with van der Waals surface area (Å²) in [6.07, 6.45) is 1.76. The average Bonchev–Trinajstić information content (AvgIpc) is 3.41. The van der Waals surface area contributed by atoms with Gasteiger partial charge in [0.25, 0.3) is 0 Å². The number of carbonyl (C=O) groups is 3. The fourth-order valence-electron chi connectivity index (χ4n) is 5.99. The number of nitrogens with one attached hydrogen (secondary N) is 1. The molecule has 3 fully saturated rings. The molecular weight excluding hydrogens is 354 g/mol. The summed E-state index contributed by atoms with van der Waals surface area (Å²) in [5.41, 5.74) is 1.07. The van der Waals surface area contributed by atoms with E-state index >= 15 is 0 Å². The van der Waals surface area contributed by atoms with E-state index in [1.165, 1.54) is 4.90 Å². The first-order valence-corrected chi connectivity index (χ1v) is 9.76. The van der Waals surface area contributed by atoms with Gasteiger partial charge in [-0.25, -0.2) is 4.90 Å². The molecule has 4 atom stereocenters. The lowest BCUT2D eigenvalue weighted by Crippen LogP contribution is -2.54. The van der Waals surface area contributed by atoms with Crippen LogP contribution in [0.3, 0.4) is 0 Å². The van der Waals surface area contributed by atoms with Gasteiger partial charge >= 0.3 is 0 Å². The van der Waals surface area contributed by atoms with Gasteiger partial charge in [0.2, 0.25) is 17.7 Å². The molecule has 0 bridgehead atoms. The normalized spacial score (nSPS) is 33.4. The largest absolute Gasteiger partial charge is 0.324 e. The predicted octanol–water partition coefficient (Wildman–Crippen LogP) is 2.12. The summed E-state index contributed by atoms with van der Waals surface area (Å²) in [7, 11) is 0. The van der Waals surface area contributed by atoms with Crippen molar-refractivity contribution in [2.75, 3.05) is 16.8 Å². The first-order valence-electron chi connectivity index (χ1n) is 9.76. The molecule has 1 N–H and O–H groups in total. The maximum Gasteiger partial charge on any atom is 0.250 e. The number of amides is 3. The number of carbonyl (C=O) groups excluding carboxylic acids is 3. The highest BCUT2D eigenvalue weighted by molar-refractivity contribution is 6.25. The van der Waals surface area contributed by atoms with Crippen LogP contribution >= 0.6 is 0 Å². The van der Waals surface area contributed by atoms with Crippen molar-refractivity contribution < 1.29 is 14.4 Å². The number of benzene rings is 2. The van der Waals surface area contributed by atoms with Crippen LogP contribution in [0.15, 0.2) is 54.6 Å². The maximum atomic E-state index is 13.6. The number of nitrogens with zero attached hydrogens (tertiary/aromatic N) is 2. The van der Waals surface area contributed by atoms with E-state index in [1.807, 2.05) is 42.5 Å². The SMILES string of the molecule is O=C1[C@H]2[C@H]3CCCN3[C@@]3(C(=O)Nc4ccccc43)[C@H]2C(=O)N1c1ccccc1. The number of fused-ring (bicyclic) bond motifs is 7. The highest BCUT2D eigenvalue weighted by Gasteiger charge is 2.74. The van der Waals surface area contributed by atoms with Crippen LogP contribution in [0, 0.1) is 11.8 Å². The number of rotatable bonds is 1. The van der Waals surface area contributed by atoms with Gasteiger partial charge in [-0.3, -0.25) is 19.3 Å². The van der Waals surface area contributed by atoms with Crippen molar-refractivity contribution in [1.82, 2.24) is 4.90 Å². The van der Waals surface area contributed by atoms with Crippen LogP contribution in [0.5, 0.6) is 0 Å². The van der Waals surface area contributed by atoms with Crippen LogP contribution in [0.4, 0.5) is 11.4 Å². The number of para-hydroxylation sites is 2. The molecule has 4 heterocycles. The van der Waals surface area contributed by atoms with E-state index in [2.05, 4.69) is 10.2 Å². The molecule has 0 radical (unpaired) electrons. The van der Waals surface area contributed by atoms with Crippen molar-refractivity contribution in [1.29, 1.82) is 0 Å². The molecule has 1 spiro atoms. The van der Waals surface area contributed by atoms with Gasteiger partial charge < -0.3 is 5.32 Å². The van der Waals surface area contributed by atoms with Gasteiger partial charge in [0.1, 0.15) is 5.54 Å². The highest BCUT2D eigenvalue weighted by atomic mass is 16.2. The second-order valence-corrected chi connectivity index (χ2v) is 8.02. The Morgan fingerprint density at radius 1 is 0.929 bits per heavy atom. The van der Waals surface area contributed by atoms with Crippen molar-refractivity contribution in [3.63, 3.8) is 0 Å². The second-order valence-electron chi connectivity index (χ2n) is 8.02. The third-order valence-corrected chi connectivity index (χ3v) is 6.91. The van der Waals surface area contributed by atoms with E-state index in [9.17, 15) is 14.4 Å². The topological polar surface area (TPSA) is 69.7 Å². The van der Waals surface area contributed by atoms with Gasteiger partial charge in [0.15, 0.2) is 0 Å². The second kappa shape index (κ2) is 5.29. The number of anilines is 2. The summed E-state index contributed by atoms with van der Waals surface area (Å²) in [4.78, 5) is 43.9. The fourth-order valence-corrected chi connectivity index (χ4v) is 5.99. The minimum atomic E-state index is -1.08. The Hall–Kier alpha value is -2.99. The van der Waals surface area contributed by atoms with E-state index < -0.39 is 17.4 Å². The average molecular weight is 373 g/mol. The molecule has 6 heteroatoms. The summed E-state index contributed by atoms with van der Waals surface area (Å²) < 4.78 is 0. The molecule has 0 unspecified atom stereocenters. The Balaban J connectivity index is 1.58. The standard InChI is InChI=1S/C22H19N3O3/c26-19-17-16-11-6-12-24(16)22(14-9-4-5-10-15(14)23-21(22)28)18(17)20(27)25(19)13-7-2-1-3-8-13/h1-5,7-10,16-18H,6,11-12H2,(H,23,28)/t16-,17+,18-,22-/m1/s1. The van der Waals surface area contributed by atoms with Crippen LogP contribution in [-0.4, -0.2) is 35.2 Å². The van der Waals surface area contributed by atoms with Crippen molar-refractivity contribution >= 4 is 29.1 Å². The number of hydrogen-bond donors (Lipinski definition) is 1. The summed E-state index contributed by atoms with van der Waals surface area (Å²) in [6.45, 7) is 0.727. The zero-order valence-electron chi connectivity index (χ0n) is 15.2. The van der Waals surface area contributed by atoms with Gasteiger partial charge in [0, 0.05) is 17.3 Å². The van der Waals surface area contributed by atoms with Crippen LogP contribution < -0.4 is 10.2 Å². The molecule has 4 aliphatic heterocycles. The molecule has 6 rings (SSSR count). The zero-order valence-corrected chi connectivity index (χ0v) is 15.2. The van der Waals surface area contributed by atoms with Crippen molar-refractivity contribution in [2.45, 2.75) is 24.4 Å². The van der Waals surface area contributed by atoms with Crippen LogP contribution in [-0.2, 0) is 19.9 Å². The maximum absolute atomic E-state index is 13.6. The van der Waals surface area contributed by atoms with Crippen molar-refractivity contribution in [3.8, 4) is 0 Å². The molecule has 28 heavy (non-hydrogen) atoms. The van der Waals surface area contributed by atoms with Gasteiger partial charge in [-0.1, -0.05) is 36.4 Å². The molecule has 0 aliphatic carbocycles. The quantitative estimate of drug-likeness (QED) is 0.778. The monoisotopic (exact) mass is 373 g/mol. The molecule has 3 saturated heterocycles. The predicted molar refractivity (Wildman–Crippen MR) is 102 cm³/mol. The van der Waals surface area contributed by atoms with Crippen LogP contribution in [0.1, 0.15) is 18.4 Å². The molecule has 0 aromatic heterocycles. The Bertz CT molecular complexity index is 1040. The third-order valence-electron chi connectivity index (χ3n) is 6.91. The Morgan fingerprint density at radius 2 is 1.68 bits per heavy atom.